The average Bonchev–Trinajstić information content (AvgIpc) is 2.63. The maximum absolute atomic E-state index is 11.6. The van der Waals surface area contributed by atoms with Gasteiger partial charge in [-0.1, -0.05) is 27.7 Å². The fourth-order valence-electron chi connectivity index (χ4n) is 2.65. The maximum Gasteiger partial charge on any atom is 0.257 e. The summed E-state index contributed by atoms with van der Waals surface area (Å²) < 4.78 is 0.915. The molecule has 0 aliphatic carbocycles. The van der Waals surface area contributed by atoms with Crippen molar-refractivity contribution in [2.75, 3.05) is 23.3 Å². The highest BCUT2D eigenvalue weighted by atomic mass is 79.9. The summed E-state index contributed by atoms with van der Waals surface area (Å²) in [4.78, 5) is 13.9. The van der Waals surface area contributed by atoms with Crippen LogP contribution < -0.4 is 10.2 Å². The number of carbonyl (C=O) groups excluding carboxylic acids is 1. The molecule has 0 saturated heterocycles. The number of rotatable bonds is 5. The van der Waals surface area contributed by atoms with Crippen molar-refractivity contribution >= 4 is 33.2 Å². The first-order valence-electron chi connectivity index (χ1n) is 7.37. The number of aliphatic hydroxyl groups excluding tert-OH is 1. The first-order valence-corrected chi connectivity index (χ1v) is 8.16. The molecule has 0 fully saturated rings. The SMILES string of the molecule is CC(C)CN(CC(C)C)c1cc2c(cc1Br)C(O)C(=O)N2. The molecule has 1 unspecified atom stereocenters. The van der Waals surface area contributed by atoms with E-state index >= 15 is 0 Å². The van der Waals surface area contributed by atoms with Gasteiger partial charge in [-0.2, -0.15) is 0 Å². The molecule has 4 nitrogen and oxygen atoms in total. The van der Waals surface area contributed by atoms with Crippen molar-refractivity contribution in [3.8, 4) is 0 Å². The zero-order valence-corrected chi connectivity index (χ0v) is 14.6. The Bertz CT molecular complexity index is 533. The van der Waals surface area contributed by atoms with Crippen LogP contribution in [0, 0.1) is 11.8 Å². The van der Waals surface area contributed by atoms with Gasteiger partial charge in [0.15, 0.2) is 6.10 Å². The van der Waals surface area contributed by atoms with E-state index in [1.807, 2.05) is 12.1 Å². The quantitative estimate of drug-likeness (QED) is 0.849. The van der Waals surface area contributed by atoms with Gasteiger partial charge < -0.3 is 15.3 Å². The van der Waals surface area contributed by atoms with Gasteiger partial charge in [0.2, 0.25) is 0 Å². The lowest BCUT2D eigenvalue weighted by molar-refractivity contribution is -0.123. The average molecular weight is 355 g/mol. The largest absolute Gasteiger partial charge is 0.378 e. The fourth-order valence-corrected chi connectivity index (χ4v) is 3.26. The van der Waals surface area contributed by atoms with Crippen LogP contribution in [0.5, 0.6) is 0 Å². The van der Waals surface area contributed by atoms with Gasteiger partial charge in [0.05, 0.1) is 5.69 Å². The Hall–Kier alpha value is -1.07. The molecule has 0 saturated carbocycles. The molecule has 0 spiro atoms. The van der Waals surface area contributed by atoms with Crippen molar-refractivity contribution in [2.45, 2.75) is 33.8 Å². The van der Waals surface area contributed by atoms with Crippen molar-refractivity contribution < 1.29 is 9.90 Å². The molecule has 1 aliphatic heterocycles. The van der Waals surface area contributed by atoms with E-state index in [0.29, 0.717) is 23.1 Å². The van der Waals surface area contributed by atoms with Crippen LogP contribution in [0.25, 0.3) is 0 Å². The molecule has 1 aromatic carbocycles. The Kier molecular flexibility index (Phi) is 4.94. The molecule has 1 aromatic rings. The third-order valence-electron chi connectivity index (χ3n) is 3.43. The molecule has 2 rings (SSSR count). The van der Waals surface area contributed by atoms with Crippen molar-refractivity contribution in [3.63, 3.8) is 0 Å². The van der Waals surface area contributed by atoms with Gasteiger partial charge in [-0.15, -0.1) is 0 Å². The third kappa shape index (κ3) is 3.58. The van der Waals surface area contributed by atoms with Crippen molar-refractivity contribution in [1.82, 2.24) is 0 Å². The van der Waals surface area contributed by atoms with Crippen LogP contribution in [-0.4, -0.2) is 24.1 Å². The predicted octanol–water partition coefficient (Wildman–Crippen LogP) is 3.55. The molecule has 1 amide bonds. The highest BCUT2D eigenvalue weighted by Crippen LogP contribution is 2.39. The highest BCUT2D eigenvalue weighted by Gasteiger charge is 2.30. The fraction of sp³-hybridized carbons (Fsp3) is 0.562. The zero-order valence-electron chi connectivity index (χ0n) is 13.0. The third-order valence-corrected chi connectivity index (χ3v) is 4.07. The molecule has 0 bridgehead atoms. The summed E-state index contributed by atoms with van der Waals surface area (Å²) in [5.41, 5.74) is 2.42. The van der Waals surface area contributed by atoms with Gasteiger partial charge >= 0.3 is 0 Å². The molecule has 5 heteroatoms. The first kappa shape index (κ1) is 16.3. The Morgan fingerprint density at radius 2 is 1.81 bits per heavy atom. The smallest absolute Gasteiger partial charge is 0.257 e. The van der Waals surface area contributed by atoms with Crippen LogP contribution in [0.2, 0.25) is 0 Å². The van der Waals surface area contributed by atoms with E-state index in [1.54, 1.807) is 0 Å². The molecule has 116 valence electrons. The van der Waals surface area contributed by atoms with E-state index in [2.05, 4.69) is 53.8 Å². The van der Waals surface area contributed by atoms with E-state index in [-0.39, 0.29) is 5.91 Å². The molecular weight excluding hydrogens is 332 g/mol. The second-order valence-electron chi connectivity index (χ2n) is 6.48. The van der Waals surface area contributed by atoms with Crippen LogP contribution in [0.4, 0.5) is 11.4 Å². The van der Waals surface area contributed by atoms with Gasteiger partial charge in [0.25, 0.3) is 5.91 Å². The van der Waals surface area contributed by atoms with Crippen molar-refractivity contribution in [3.05, 3.63) is 22.2 Å². The Labute approximate surface area is 134 Å². The second-order valence-corrected chi connectivity index (χ2v) is 7.33. The molecule has 0 aromatic heterocycles. The summed E-state index contributed by atoms with van der Waals surface area (Å²) in [5, 5.41) is 12.6. The van der Waals surface area contributed by atoms with E-state index in [1.165, 1.54) is 0 Å². The van der Waals surface area contributed by atoms with Gasteiger partial charge in [0, 0.05) is 28.8 Å². The topological polar surface area (TPSA) is 52.6 Å². The number of nitrogens with zero attached hydrogens (tertiary/aromatic N) is 1. The number of halogens is 1. The van der Waals surface area contributed by atoms with Crippen LogP contribution in [0.15, 0.2) is 16.6 Å². The number of hydrogen-bond donors (Lipinski definition) is 2. The number of anilines is 2. The maximum atomic E-state index is 11.6. The standard InChI is InChI=1S/C16H23BrN2O2/c1-9(2)7-19(8-10(3)4)14-6-13-11(5-12(14)17)15(20)16(21)18-13/h5-6,9-10,15,20H,7-8H2,1-4H3,(H,18,21). The summed E-state index contributed by atoms with van der Waals surface area (Å²) in [6, 6.07) is 3.80. The number of benzene rings is 1. The van der Waals surface area contributed by atoms with Crippen molar-refractivity contribution in [1.29, 1.82) is 0 Å². The Morgan fingerprint density at radius 3 is 2.33 bits per heavy atom. The van der Waals surface area contributed by atoms with Gasteiger partial charge in [0.1, 0.15) is 0 Å². The Morgan fingerprint density at radius 1 is 1.24 bits per heavy atom. The monoisotopic (exact) mass is 354 g/mol. The predicted molar refractivity (Wildman–Crippen MR) is 89.6 cm³/mol. The minimum Gasteiger partial charge on any atom is -0.378 e. The minimum absolute atomic E-state index is 0.353. The number of nitrogens with one attached hydrogen (secondary N) is 1. The molecule has 0 radical (unpaired) electrons. The number of amides is 1. The first-order chi connectivity index (χ1) is 9.79. The van der Waals surface area contributed by atoms with Crippen LogP contribution in [-0.2, 0) is 4.79 Å². The summed E-state index contributed by atoms with van der Waals surface area (Å²) in [5.74, 6) is 0.737. The number of aliphatic hydroxyl groups is 1. The lowest BCUT2D eigenvalue weighted by atomic mass is 10.1. The second kappa shape index (κ2) is 6.36. The summed E-state index contributed by atoms with van der Waals surface area (Å²) in [6.45, 7) is 10.7. The number of fused-ring (bicyclic) bond motifs is 1. The van der Waals surface area contributed by atoms with Gasteiger partial charge in [-0.3, -0.25) is 4.79 Å². The lowest BCUT2D eigenvalue weighted by Crippen LogP contribution is -2.31. The van der Waals surface area contributed by atoms with E-state index in [9.17, 15) is 9.90 Å². The molecule has 2 N–H and O–H groups in total. The van der Waals surface area contributed by atoms with Crippen LogP contribution in [0.1, 0.15) is 39.4 Å². The summed E-state index contributed by atoms with van der Waals surface area (Å²) in [7, 11) is 0. The van der Waals surface area contributed by atoms with E-state index in [0.717, 1.165) is 23.2 Å². The number of hydrogen-bond acceptors (Lipinski definition) is 3. The van der Waals surface area contributed by atoms with Crippen LogP contribution >= 0.6 is 15.9 Å². The van der Waals surface area contributed by atoms with Crippen molar-refractivity contribution in [2.24, 2.45) is 11.8 Å². The summed E-state index contributed by atoms with van der Waals surface area (Å²) in [6.07, 6.45) is -1.06. The lowest BCUT2D eigenvalue weighted by Gasteiger charge is -2.30. The molecular formula is C16H23BrN2O2. The zero-order chi connectivity index (χ0) is 15.7. The number of carbonyl (C=O) groups is 1. The van der Waals surface area contributed by atoms with E-state index < -0.39 is 6.10 Å². The van der Waals surface area contributed by atoms with Gasteiger partial charge in [-0.25, -0.2) is 0 Å². The minimum atomic E-state index is -1.06. The molecule has 1 aliphatic rings. The highest BCUT2D eigenvalue weighted by molar-refractivity contribution is 9.10. The molecule has 21 heavy (non-hydrogen) atoms. The Balaban J connectivity index is 2.38. The molecule has 1 atom stereocenters. The van der Waals surface area contributed by atoms with Gasteiger partial charge in [-0.05, 0) is 39.9 Å². The van der Waals surface area contributed by atoms with E-state index in [4.69, 9.17) is 0 Å². The normalized spacial score (nSPS) is 17.3. The summed E-state index contributed by atoms with van der Waals surface area (Å²) >= 11 is 3.59. The molecule has 1 heterocycles. The van der Waals surface area contributed by atoms with Crippen LogP contribution in [0.3, 0.4) is 0 Å².